The lowest BCUT2D eigenvalue weighted by atomic mass is 9.85. The zero-order chi connectivity index (χ0) is 59.1. The molecule has 23 heteroatoms. The molecule has 5 aliphatic heterocycles. The number of likely N-dealkylation sites (N-methyl/N-ethyl adjacent to an activating group) is 1. The number of aliphatic carboxylic acids is 1. The smallest absolute Gasteiger partial charge is 0.342 e. The zero-order valence-corrected chi connectivity index (χ0v) is 48.1. The van der Waals surface area contributed by atoms with Crippen LogP contribution in [0.5, 0.6) is 5.75 Å². The number of para-hydroxylation sites is 2. The number of anilines is 1. The number of ether oxygens (including phenoxy) is 1. The number of piperidine rings is 2. The minimum Gasteiger partial charge on any atom is -0.480 e. The van der Waals surface area contributed by atoms with Crippen LogP contribution in [0.1, 0.15) is 87.3 Å². The average molecular weight is 1190 g/mol. The van der Waals surface area contributed by atoms with Crippen LogP contribution in [0.4, 0.5) is 10.1 Å². The van der Waals surface area contributed by atoms with Gasteiger partial charge in [-0.15, -0.1) is 21.0 Å². The highest BCUT2D eigenvalue weighted by Gasteiger charge is 2.50. The number of thiazole rings is 1. The third-order valence-electron chi connectivity index (χ3n) is 17.3. The number of carbonyl (C=O) groups excluding carboxylic acids is 6. The molecule has 1 atom stereocenters. The summed E-state index contributed by atoms with van der Waals surface area (Å²) >= 11 is 7.87. The Morgan fingerprint density at radius 2 is 1.58 bits per heavy atom. The number of rotatable bonds is 12. The van der Waals surface area contributed by atoms with Crippen LogP contribution in [0.2, 0.25) is 5.02 Å². The fraction of sp³-hybridized carbons (Fsp3) is 0.355. The third-order valence-corrected chi connectivity index (χ3v) is 18.9. The molecular formula is C62H62ClFN11O9S+. The van der Waals surface area contributed by atoms with E-state index in [1.165, 1.54) is 17.4 Å². The second-order valence-electron chi connectivity index (χ2n) is 22.4. The molecule has 4 bridgehead atoms. The predicted molar refractivity (Wildman–Crippen MR) is 319 cm³/mol. The molecule has 1 saturated carbocycles. The number of fused-ring (bicyclic) bond motifs is 4. The van der Waals surface area contributed by atoms with E-state index in [1.807, 2.05) is 83.7 Å². The molecule has 3 aromatic heterocycles. The monoisotopic (exact) mass is 1190 g/mol. The first-order valence-corrected chi connectivity index (χ1v) is 29.9. The van der Waals surface area contributed by atoms with Gasteiger partial charge in [-0.3, -0.25) is 33.4 Å². The highest BCUT2D eigenvalue weighted by atomic mass is 35.5. The first-order valence-electron chi connectivity index (χ1n) is 28.7. The molecule has 6 aliphatic rings. The SMILES string of the molecule is CNC(=O)C1(Oc2ccccc2-c2nc3cccc(Cl)c3s2)CCN(C(=O)C2CC(=O)Nc3ccccc32)CC1.O=C(O)CNC(=O)CNC(=O)Cn1nc2c3c(cccc31)-c1cc3c(cnn3[N+]3(C(=O)C4CCCCC4)CCC2CC3)cc1F. The van der Waals surface area contributed by atoms with Gasteiger partial charge >= 0.3 is 11.9 Å². The Morgan fingerprint density at radius 1 is 0.847 bits per heavy atom. The maximum Gasteiger partial charge on any atom is 0.342 e. The number of quaternary nitrogens is 1. The zero-order valence-electron chi connectivity index (χ0n) is 46.6. The summed E-state index contributed by atoms with van der Waals surface area (Å²) in [4.78, 5) is 97.5. The van der Waals surface area contributed by atoms with Crippen molar-refractivity contribution in [1.29, 1.82) is 0 Å². The Bertz CT molecular complexity index is 3990. The van der Waals surface area contributed by atoms with E-state index >= 15 is 4.39 Å². The fourth-order valence-corrected chi connectivity index (χ4v) is 14.3. The van der Waals surface area contributed by atoms with E-state index < -0.39 is 41.7 Å². The number of nitrogens with one attached hydrogen (secondary N) is 4. The molecule has 3 fully saturated rings. The summed E-state index contributed by atoms with van der Waals surface area (Å²) < 4.78 is 25.0. The van der Waals surface area contributed by atoms with Crippen LogP contribution in [-0.4, -0.2) is 128 Å². The summed E-state index contributed by atoms with van der Waals surface area (Å²) in [5.41, 5.74) is 5.04. The molecule has 85 heavy (non-hydrogen) atoms. The van der Waals surface area contributed by atoms with E-state index in [2.05, 4.69) is 21.3 Å². The molecule has 20 nitrogen and oxygen atoms in total. The van der Waals surface area contributed by atoms with Crippen molar-refractivity contribution in [3.63, 3.8) is 0 Å². The van der Waals surface area contributed by atoms with Crippen LogP contribution in [0.3, 0.4) is 0 Å². The van der Waals surface area contributed by atoms with E-state index in [9.17, 15) is 33.6 Å². The largest absolute Gasteiger partial charge is 0.480 e. The van der Waals surface area contributed by atoms with Gasteiger partial charge in [0, 0.05) is 80.2 Å². The number of likely N-dealkylation sites (tertiary alicyclic amines) is 1. The predicted octanol–water partition coefficient (Wildman–Crippen LogP) is 8.17. The number of carboxylic acids is 1. The van der Waals surface area contributed by atoms with Gasteiger partial charge in [-0.05, 0) is 72.5 Å². The standard InChI is InChI=1S/C32H34FN7O5.C30H27ClN4O4S/c33-24-13-21-15-36-39-26(21)14-23(24)22-7-4-8-25-30(22)31(37-38(25)18-28(42)34-16-27(41)35-17-29(43)44)19-9-11-40(39,12-10-19)32(45)20-5-2-1-3-6-20;1-32-29(38)30(39-24-12-5-3-8-19(24)27-34-23-11-6-9-21(31)26(23)40-27)13-15-35(16-14-30)28(37)20-17-25(36)33-22-10-4-2-7-18(20)22/h4,7-8,13-15,19-20H,1-3,5-6,9-12,16-18H2,(H2-,34,35,41,42,43,44);2-12,20H,13-17H2,1H3,(H,32,38)(H,33,36)/p+1. The molecule has 5 N–H and O–H groups in total. The third kappa shape index (κ3) is 10.9. The second-order valence-corrected chi connectivity index (χ2v) is 23.8. The van der Waals surface area contributed by atoms with Crippen LogP contribution in [0.15, 0.2) is 103 Å². The van der Waals surface area contributed by atoms with E-state index in [0.29, 0.717) is 95.9 Å². The minimum absolute atomic E-state index is 0.0317. The molecular weight excluding hydrogens is 1130 g/mol. The number of nitrogens with zero attached hydrogens (tertiary/aromatic N) is 7. The summed E-state index contributed by atoms with van der Waals surface area (Å²) in [7, 11) is 1.59. The summed E-state index contributed by atoms with van der Waals surface area (Å²) in [5, 5.41) is 31.5. The minimum atomic E-state index is -1.18. The van der Waals surface area contributed by atoms with Crippen molar-refractivity contribution in [3.8, 4) is 27.4 Å². The van der Waals surface area contributed by atoms with Gasteiger partial charge in [0.05, 0.1) is 56.6 Å². The van der Waals surface area contributed by atoms with Crippen LogP contribution >= 0.6 is 22.9 Å². The lowest BCUT2D eigenvalue weighted by Gasteiger charge is -2.41. The lowest BCUT2D eigenvalue weighted by molar-refractivity contribution is -0.147. The molecule has 2 saturated heterocycles. The van der Waals surface area contributed by atoms with E-state index in [1.54, 1.807) is 35.0 Å². The van der Waals surface area contributed by atoms with Crippen molar-refractivity contribution < 1.29 is 47.8 Å². The van der Waals surface area contributed by atoms with Crippen LogP contribution in [0.25, 0.3) is 53.7 Å². The van der Waals surface area contributed by atoms with Gasteiger partial charge in [0.1, 0.15) is 48.3 Å². The topological polar surface area (TPSA) is 249 Å². The van der Waals surface area contributed by atoms with Crippen LogP contribution in [-0.2, 0) is 40.1 Å². The van der Waals surface area contributed by atoms with Gasteiger partial charge in [0.15, 0.2) is 5.60 Å². The summed E-state index contributed by atoms with van der Waals surface area (Å²) in [6.07, 6.45) is 8.66. The Balaban J connectivity index is 0.000000168. The second kappa shape index (κ2) is 23.5. The molecule has 14 rings (SSSR count). The average Bonchev–Trinajstić information content (AvgIpc) is 1.78. The molecule has 438 valence electrons. The molecule has 8 heterocycles. The number of amides is 6. The first-order chi connectivity index (χ1) is 41.1. The van der Waals surface area contributed by atoms with Crippen molar-refractivity contribution in [2.24, 2.45) is 5.92 Å². The van der Waals surface area contributed by atoms with Gasteiger partial charge < -0.3 is 36.0 Å². The maximum atomic E-state index is 15.9. The van der Waals surface area contributed by atoms with Crippen molar-refractivity contribution >= 4 is 102 Å². The highest BCUT2D eigenvalue weighted by Crippen LogP contribution is 2.45. The Hall–Kier alpha value is -8.60. The molecule has 1 unspecified atom stereocenters. The number of aromatic nitrogens is 5. The Kier molecular flexibility index (Phi) is 15.7. The van der Waals surface area contributed by atoms with Crippen molar-refractivity contribution in [3.05, 3.63) is 125 Å². The first kappa shape index (κ1) is 56.9. The molecule has 0 spiro atoms. The van der Waals surface area contributed by atoms with Gasteiger partial charge in [-0.1, -0.05) is 84.2 Å². The number of carboxylic acid groups (broad SMARTS) is 1. The van der Waals surface area contributed by atoms with Crippen molar-refractivity contribution in [1.82, 2.24) is 50.1 Å². The van der Waals surface area contributed by atoms with E-state index in [4.69, 9.17) is 36.6 Å². The summed E-state index contributed by atoms with van der Waals surface area (Å²) in [5.74, 6) is -3.12. The number of halogens is 2. The Labute approximate surface area is 496 Å². The molecule has 0 radical (unpaired) electrons. The summed E-state index contributed by atoms with van der Waals surface area (Å²) in [6, 6.07) is 29.3. The van der Waals surface area contributed by atoms with Crippen molar-refractivity contribution in [2.75, 3.05) is 51.6 Å². The van der Waals surface area contributed by atoms with Gasteiger partial charge in [0.25, 0.3) is 5.91 Å². The highest BCUT2D eigenvalue weighted by molar-refractivity contribution is 7.22. The molecule has 8 aromatic rings. The van der Waals surface area contributed by atoms with Crippen LogP contribution < -0.4 is 30.6 Å². The van der Waals surface area contributed by atoms with Gasteiger partial charge in [-0.2, -0.15) is 5.10 Å². The van der Waals surface area contributed by atoms with Gasteiger partial charge in [0.2, 0.25) is 23.6 Å². The number of benzene rings is 5. The number of carbonyl (C=O) groups is 7. The Morgan fingerprint density at radius 3 is 2.34 bits per heavy atom. The van der Waals surface area contributed by atoms with E-state index in [0.717, 1.165) is 69.5 Å². The molecule has 5 aromatic carbocycles. The van der Waals surface area contributed by atoms with Gasteiger partial charge in [-0.25, -0.2) is 14.2 Å². The molecule has 6 amide bonds. The fourth-order valence-electron chi connectivity index (χ4n) is 13.0. The number of hydrogen-bond acceptors (Lipinski definition) is 12. The lowest BCUT2D eigenvalue weighted by Crippen LogP contribution is -2.67. The summed E-state index contributed by atoms with van der Waals surface area (Å²) in [6.45, 7) is 0.615. The quantitative estimate of drug-likeness (QED) is 0.0727. The number of hydrogen-bond donors (Lipinski definition) is 5. The van der Waals surface area contributed by atoms with Crippen LogP contribution in [0, 0.1) is 11.7 Å². The maximum absolute atomic E-state index is 15.9. The van der Waals surface area contributed by atoms with E-state index in [-0.39, 0.29) is 59.6 Å². The molecule has 1 aliphatic carbocycles. The van der Waals surface area contributed by atoms with Crippen molar-refractivity contribution in [2.45, 2.75) is 88.2 Å². The normalized spacial score (nSPS) is 19.7.